The maximum atomic E-state index is 15.0. The molecule has 8 heteroatoms. The average Bonchev–Trinajstić information content (AvgIpc) is 3.24. The van der Waals surface area contributed by atoms with Gasteiger partial charge < -0.3 is 5.11 Å². The molecule has 7 nitrogen and oxygen atoms in total. The molecule has 2 N–H and O–H groups in total. The lowest BCUT2D eigenvalue weighted by Gasteiger charge is -2.55. The molecule has 0 radical (unpaired) electrons. The van der Waals surface area contributed by atoms with E-state index in [9.17, 15) is 33.9 Å². The van der Waals surface area contributed by atoms with E-state index in [0.717, 1.165) is 6.07 Å². The molecule has 1 aliphatic heterocycles. The lowest BCUT2D eigenvalue weighted by atomic mass is 9.44. The summed E-state index contributed by atoms with van der Waals surface area (Å²) >= 11 is 0. The molecular formula is C34H26FNO6. The van der Waals surface area contributed by atoms with Crippen molar-refractivity contribution in [1.29, 1.82) is 0 Å². The van der Waals surface area contributed by atoms with Crippen LogP contribution in [0.15, 0.2) is 96.6 Å². The number of amides is 2. The van der Waals surface area contributed by atoms with Gasteiger partial charge in [0.2, 0.25) is 0 Å². The number of phenols is 1. The second-order valence-corrected chi connectivity index (χ2v) is 11.5. The number of carbonyl (C=O) groups excluding carboxylic acids is 4. The number of aromatic hydroxyl groups is 1. The number of fused-ring (bicyclic) bond motifs is 4. The Kier molecular flexibility index (Phi) is 5.88. The van der Waals surface area contributed by atoms with E-state index >= 15 is 0 Å². The number of halogens is 1. The van der Waals surface area contributed by atoms with Gasteiger partial charge in [-0.05, 0) is 42.0 Å². The Balaban J connectivity index is 1.54. The highest BCUT2D eigenvalue weighted by atomic mass is 19.1. The number of ketones is 2. The smallest absolute Gasteiger partial charge is 0.257 e. The van der Waals surface area contributed by atoms with Gasteiger partial charge in [0.1, 0.15) is 0 Å². The van der Waals surface area contributed by atoms with Gasteiger partial charge >= 0.3 is 0 Å². The molecule has 1 saturated carbocycles. The van der Waals surface area contributed by atoms with Crippen molar-refractivity contribution >= 4 is 29.0 Å². The Morgan fingerprint density at radius 1 is 0.833 bits per heavy atom. The van der Waals surface area contributed by atoms with Gasteiger partial charge in [-0.3, -0.25) is 24.4 Å². The topological polar surface area (TPSA) is 112 Å². The summed E-state index contributed by atoms with van der Waals surface area (Å²) in [5.41, 5.74) is 0.460. The molecule has 0 unspecified atom stereocenters. The molecule has 4 aliphatic rings. The van der Waals surface area contributed by atoms with Crippen LogP contribution in [0.5, 0.6) is 5.75 Å². The van der Waals surface area contributed by atoms with Crippen LogP contribution in [-0.4, -0.2) is 38.8 Å². The molecule has 1 saturated heterocycles. The summed E-state index contributed by atoms with van der Waals surface area (Å²) in [5.74, 6) is -8.21. The minimum Gasteiger partial charge on any atom is -0.505 e. The molecule has 210 valence electrons. The zero-order valence-electron chi connectivity index (χ0n) is 22.3. The fourth-order valence-electron chi connectivity index (χ4n) is 7.97. The molecule has 0 aromatic heterocycles. The first-order valence-corrected chi connectivity index (χ1v) is 13.9. The van der Waals surface area contributed by atoms with E-state index in [-0.39, 0.29) is 40.6 Å². The van der Waals surface area contributed by atoms with Crippen LogP contribution in [0, 0.1) is 29.5 Å². The van der Waals surface area contributed by atoms with Crippen LogP contribution in [0.2, 0.25) is 0 Å². The monoisotopic (exact) mass is 563 g/mol. The summed E-state index contributed by atoms with van der Waals surface area (Å²) in [6, 6.07) is 21.8. The van der Waals surface area contributed by atoms with Crippen molar-refractivity contribution in [2.45, 2.75) is 24.2 Å². The first kappa shape index (κ1) is 26.2. The van der Waals surface area contributed by atoms with Crippen molar-refractivity contribution < 1.29 is 33.9 Å². The SMILES string of the molecule is O=C1C(c2ccccc2)=CC(=O)[C@@]2(c3ccccc3)[C@@H](c3cccc(F)c3O)C3=CC[C@@H]4C(=O)N(O)C(=O)[C@@H]4[C@@H]3C[C@@H]12. The third-order valence-corrected chi connectivity index (χ3v) is 9.68. The molecule has 0 bridgehead atoms. The highest BCUT2D eigenvalue weighted by Gasteiger charge is 2.66. The Morgan fingerprint density at radius 2 is 1.52 bits per heavy atom. The van der Waals surface area contributed by atoms with E-state index in [2.05, 4.69) is 0 Å². The number of Topliss-reactive ketones (excluding diaryl/α,β-unsaturated/α-hetero) is 1. The van der Waals surface area contributed by atoms with Crippen molar-refractivity contribution in [2.24, 2.45) is 23.7 Å². The van der Waals surface area contributed by atoms with E-state index in [1.807, 2.05) is 0 Å². The minimum atomic E-state index is -1.57. The number of hydrogen-bond acceptors (Lipinski definition) is 6. The number of para-hydroxylation sites is 1. The van der Waals surface area contributed by atoms with Crippen LogP contribution in [0.1, 0.15) is 35.4 Å². The highest BCUT2D eigenvalue weighted by Crippen LogP contribution is 2.64. The molecule has 42 heavy (non-hydrogen) atoms. The average molecular weight is 564 g/mol. The van der Waals surface area contributed by atoms with Crippen LogP contribution in [0.3, 0.4) is 0 Å². The summed E-state index contributed by atoms with van der Waals surface area (Å²) in [4.78, 5) is 55.4. The predicted octanol–water partition coefficient (Wildman–Crippen LogP) is 4.74. The van der Waals surface area contributed by atoms with Gasteiger partial charge in [0.05, 0.1) is 17.3 Å². The first-order chi connectivity index (χ1) is 20.3. The van der Waals surface area contributed by atoms with Gasteiger partial charge in [-0.1, -0.05) is 84.4 Å². The lowest BCUT2D eigenvalue weighted by molar-refractivity contribution is -0.173. The summed E-state index contributed by atoms with van der Waals surface area (Å²) in [6.45, 7) is 0. The van der Waals surface area contributed by atoms with Crippen molar-refractivity contribution in [3.8, 4) is 5.75 Å². The molecule has 7 rings (SSSR count). The molecule has 1 heterocycles. The zero-order chi connectivity index (χ0) is 29.3. The minimum absolute atomic E-state index is 0.0517. The number of hydroxylamine groups is 2. The number of allylic oxidation sites excluding steroid dienone is 4. The second-order valence-electron chi connectivity index (χ2n) is 11.5. The zero-order valence-corrected chi connectivity index (χ0v) is 22.3. The number of nitrogens with zero attached hydrogens (tertiary/aromatic N) is 1. The molecular weight excluding hydrogens is 537 g/mol. The van der Waals surface area contributed by atoms with E-state index in [1.165, 1.54) is 18.2 Å². The molecule has 0 spiro atoms. The van der Waals surface area contributed by atoms with Crippen LogP contribution < -0.4 is 0 Å². The van der Waals surface area contributed by atoms with Crippen molar-refractivity contribution in [1.82, 2.24) is 5.06 Å². The number of phenolic OH excluding ortho intramolecular Hbond substituents is 1. The summed E-state index contributed by atoms with van der Waals surface area (Å²) < 4.78 is 15.0. The second kappa shape index (κ2) is 9.42. The summed E-state index contributed by atoms with van der Waals surface area (Å²) in [7, 11) is 0. The number of hydrogen-bond donors (Lipinski definition) is 2. The molecule has 3 aliphatic carbocycles. The van der Waals surface area contributed by atoms with Gasteiger partial charge in [0.25, 0.3) is 11.8 Å². The third kappa shape index (κ3) is 3.42. The number of benzene rings is 3. The third-order valence-electron chi connectivity index (χ3n) is 9.68. The maximum Gasteiger partial charge on any atom is 0.257 e. The van der Waals surface area contributed by atoms with Crippen molar-refractivity contribution in [3.05, 3.63) is 119 Å². The standard InChI is InChI=1S/C34H26FNO6/c35-26-13-7-12-22(31(26)39)29-20-14-15-21-28(33(41)36(42)32(21)40)24(20)16-25-30(38)23(18-8-3-1-4-9-18)17-27(37)34(25,29)19-10-5-2-6-11-19/h1-14,17,21,24-25,28-29,39,42H,15-16H2/t21-,24+,25-,28-,29+,34-/m0/s1. The van der Waals surface area contributed by atoms with Crippen molar-refractivity contribution in [3.63, 3.8) is 0 Å². The van der Waals surface area contributed by atoms with Crippen LogP contribution in [0.25, 0.3) is 5.57 Å². The molecule has 3 aromatic rings. The van der Waals surface area contributed by atoms with E-state index in [1.54, 1.807) is 66.7 Å². The van der Waals surface area contributed by atoms with Crippen LogP contribution >= 0.6 is 0 Å². The highest BCUT2D eigenvalue weighted by molar-refractivity contribution is 6.31. The molecule has 6 atom stereocenters. The fraction of sp³-hybridized carbons (Fsp3) is 0.235. The van der Waals surface area contributed by atoms with E-state index < -0.39 is 58.4 Å². The molecule has 3 aromatic carbocycles. The maximum absolute atomic E-state index is 15.0. The van der Waals surface area contributed by atoms with Gasteiger partial charge in [-0.15, -0.1) is 0 Å². The Hall–Kier alpha value is -4.69. The summed E-state index contributed by atoms with van der Waals surface area (Å²) in [5, 5.41) is 21.6. The quantitative estimate of drug-likeness (QED) is 0.270. The Morgan fingerprint density at radius 3 is 2.24 bits per heavy atom. The molecule has 2 fully saturated rings. The molecule has 2 amide bonds. The van der Waals surface area contributed by atoms with Crippen molar-refractivity contribution in [2.75, 3.05) is 0 Å². The van der Waals surface area contributed by atoms with Gasteiger partial charge in [-0.2, -0.15) is 5.06 Å². The number of imide groups is 1. The summed E-state index contributed by atoms with van der Waals surface area (Å²) in [6.07, 6.45) is 3.31. The van der Waals surface area contributed by atoms with E-state index in [0.29, 0.717) is 16.7 Å². The van der Waals surface area contributed by atoms with Gasteiger partial charge in [0.15, 0.2) is 23.1 Å². The van der Waals surface area contributed by atoms with Gasteiger partial charge in [0, 0.05) is 23.0 Å². The first-order valence-electron chi connectivity index (χ1n) is 13.9. The fourth-order valence-corrected chi connectivity index (χ4v) is 7.97. The largest absolute Gasteiger partial charge is 0.505 e. The number of rotatable bonds is 3. The number of carbonyl (C=O) groups is 4. The Labute approximate surface area is 240 Å². The van der Waals surface area contributed by atoms with Crippen LogP contribution in [0.4, 0.5) is 4.39 Å². The Bertz CT molecular complexity index is 1730. The lowest BCUT2D eigenvalue weighted by Crippen LogP contribution is -2.58. The predicted molar refractivity (Wildman–Crippen MR) is 148 cm³/mol. The van der Waals surface area contributed by atoms with E-state index in [4.69, 9.17) is 0 Å². The van der Waals surface area contributed by atoms with Gasteiger partial charge in [-0.25, -0.2) is 4.39 Å². The normalized spacial score (nSPS) is 30.3. The van der Waals surface area contributed by atoms with Crippen LogP contribution in [-0.2, 0) is 24.6 Å².